The minimum Gasteiger partial charge on any atom is -0.311 e. The van der Waals surface area contributed by atoms with Crippen LogP contribution < -0.4 is 4.90 Å². The summed E-state index contributed by atoms with van der Waals surface area (Å²) >= 11 is 0. The number of fused-ring (bicyclic) bond motifs is 3. The number of para-hydroxylation sites is 1. The third-order valence-electron chi connectivity index (χ3n) is 6.43. The van der Waals surface area contributed by atoms with Crippen molar-refractivity contribution in [1.82, 2.24) is 0 Å². The minimum absolute atomic E-state index is 0.118. The molecule has 0 spiro atoms. The Balaban J connectivity index is 1.72. The molecule has 2 nitrogen and oxygen atoms in total. The van der Waals surface area contributed by atoms with Gasteiger partial charge in [-0.15, -0.1) is 0 Å². The van der Waals surface area contributed by atoms with Crippen LogP contribution in [0.1, 0.15) is 38.7 Å². The van der Waals surface area contributed by atoms with E-state index in [1.54, 1.807) is 0 Å². The van der Waals surface area contributed by atoms with Crippen molar-refractivity contribution in [3.05, 3.63) is 42.0 Å². The Morgan fingerprint density at radius 2 is 2.10 bits per heavy atom. The molecule has 0 aromatic heterocycles. The van der Waals surface area contributed by atoms with Crippen molar-refractivity contribution in [2.24, 2.45) is 16.7 Å². The molecule has 0 radical (unpaired) electrons. The number of carbonyl (C=O) groups is 1. The average molecular weight is 281 g/mol. The molecule has 110 valence electrons. The van der Waals surface area contributed by atoms with Crippen molar-refractivity contribution in [2.75, 3.05) is 11.4 Å². The van der Waals surface area contributed by atoms with Gasteiger partial charge in [-0.25, -0.2) is 0 Å². The fourth-order valence-electron chi connectivity index (χ4n) is 4.93. The van der Waals surface area contributed by atoms with Gasteiger partial charge < -0.3 is 4.90 Å². The second-order valence-corrected chi connectivity index (χ2v) is 7.56. The SMILES string of the molecule is C=C1C2(C(=O)N3CCc4ccccc43)CCC(C2)C1(C)C. The van der Waals surface area contributed by atoms with Crippen LogP contribution >= 0.6 is 0 Å². The third-order valence-corrected chi connectivity index (χ3v) is 6.43. The molecule has 2 bridgehead atoms. The predicted octanol–water partition coefficient (Wildman–Crippen LogP) is 3.96. The Labute approximate surface area is 126 Å². The highest BCUT2D eigenvalue weighted by atomic mass is 16.2. The first-order chi connectivity index (χ1) is 9.97. The Hall–Kier alpha value is -1.57. The van der Waals surface area contributed by atoms with Gasteiger partial charge in [-0.2, -0.15) is 0 Å². The Morgan fingerprint density at radius 1 is 1.33 bits per heavy atom. The summed E-state index contributed by atoms with van der Waals surface area (Å²) in [6.45, 7) is 9.73. The molecule has 1 aliphatic heterocycles. The molecule has 3 aliphatic rings. The fraction of sp³-hybridized carbons (Fsp3) is 0.526. The van der Waals surface area contributed by atoms with E-state index >= 15 is 0 Å². The lowest BCUT2D eigenvalue weighted by Crippen LogP contribution is -2.43. The van der Waals surface area contributed by atoms with Gasteiger partial charge in [0.05, 0.1) is 5.41 Å². The van der Waals surface area contributed by atoms with Gasteiger partial charge in [-0.1, -0.05) is 44.2 Å². The lowest BCUT2D eigenvalue weighted by Gasteiger charge is -2.39. The van der Waals surface area contributed by atoms with E-state index in [2.05, 4.69) is 38.6 Å². The zero-order valence-electron chi connectivity index (χ0n) is 13.0. The summed E-state index contributed by atoms with van der Waals surface area (Å²) in [4.78, 5) is 15.4. The maximum atomic E-state index is 13.4. The highest BCUT2D eigenvalue weighted by Crippen LogP contribution is 2.66. The number of amides is 1. The van der Waals surface area contributed by atoms with Crippen LogP contribution in [-0.4, -0.2) is 12.5 Å². The number of benzene rings is 1. The molecule has 21 heavy (non-hydrogen) atoms. The van der Waals surface area contributed by atoms with E-state index in [4.69, 9.17) is 0 Å². The van der Waals surface area contributed by atoms with Crippen molar-refractivity contribution in [3.63, 3.8) is 0 Å². The molecule has 1 amide bonds. The summed E-state index contributed by atoms with van der Waals surface area (Å²) < 4.78 is 0. The quantitative estimate of drug-likeness (QED) is 0.714. The van der Waals surface area contributed by atoms with Crippen molar-refractivity contribution >= 4 is 11.6 Å². The zero-order valence-corrected chi connectivity index (χ0v) is 13.0. The number of rotatable bonds is 1. The molecule has 1 aromatic carbocycles. The van der Waals surface area contributed by atoms with Crippen LogP contribution in [-0.2, 0) is 11.2 Å². The van der Waals surface area contributed by atoms with Crippen molar-refractivity contribution in [2.45, 2.75) is 39.5 Å². The monoisotopic (exact) mass is 281 g/mol. The summed E-state index contributed by atoms with van der Waals surface area (Å²) in [5.41, 5.74) is 3.44. The Kier molecular flexibility index (Phi) is 2.50. The second kappa shape index (κ2) is 4.00. The highest BCUT2D eigenvalue weighted by Gasteiger charge is 2.62. The first kappa shape index (κ1) is 13.1. The van der Waals surface area contributed by atoms with E-state index in [9.17, 15) is 4.79 Å². The average Bonchev–Trinajstić information content (AvgIpc) is 3.14. The number of anilines is 1. The van der Waals surface area contributed by atoms with Crippen molar-refractivity contribution in [3.8, 4) is 0 Å². The first-order valence-electron chi connectivity index (χ1n) is 8.06. The summed E-state index contributed by atoms with van der Waals surface area (Å²) in [6, 6.07) is 8.33. The highest BCUT2D eigenvalue weighted by molar-refractivity contribution is 6.02. The number of nitrogens with zero attached hydrogens (tertiary/aromatic N) is 1. The molecule has 4 rings (SSSR count). The van der Waals surface area contributed by atoms with Gasteiger partial charge in [0, 0.05) is 12.2 Å². The van der Waals surface area contributed by atoms with Crippen LogP contribution in [0.5, 0.6) is 0 Å². The van der Waals surface area contributed by atoms with E-state index < -0.39 is 0 Å². The van der Waals surface area contributed by atoms with Crippen LogP contribution in [0.3, 0.4) is 0 Å². The van der Waals surface area contributed by atoms with Crippen molar-refractivity contribution < 1.29 is 4.79 Å². The molecule has 2 aliphatic carbocycles. The smallest absolute Gasteiger partial charge is 0.237 e. The summed E-state index contributed by atoms with van der Waals surface area (Å²) in [5.74, 6) is 0.942. The van der Waals surface area contributed by atoms with Gasteiger partial charge in [0.15, 0.2) is 0 Å². The van der Waals surface area contributed by atoms with E-state index in [-0.39, 0.29) is 10.8 Å². The maximum Gasteiger partial charge on any atom is 0.237 e. The van der Waals surface area contributed by atoms with E-state index in [1.165, 1.54) is 17.6 Å². The van der Waals surface area contributed by atoms with Crippen LogP contribution in [0.4, 0.5) is 5.69 Å². The van der Waals surface area contributed by atoms with Crippen LogP contribution in [0.15, 0.2) is 36.4 Å². The predicted molar refractivity (Wildman–Crippen MR) is 85.2 cm³/mol. The van der Waals surface area contributed by atoms with Gasteiger partial charge in [0.2, 0.25) is 5.91 Å². The number of carbonyl (C=O) groups excluding carboxylic acids is 1. The standard InChI is InChI=1S/C19H23NO/c1-13-18(2,3)15-8-10-19(13,12-15)17(21)20-11-9-14-6-4-5-7-16(14)20/h4-7,15H,1,8-12H2,2-3H3. The molecule has 2 unspecified atom stereocenters. The van der Waals surface area contributed by atoms with Crippen molar-refractivity contribution in [1.29, 1.82) is 0 Å². The minimum atomic E-state index is -0.286. The summed E-state index contributed by atoms with van der Waals surface area (Å²) in [7, 11) is 0. The molecular formula is C19H23NO. The van der Waals surface area contributed by atoms with E-state index in [0.29, 0.717) is 11.8 Å². The van der Waals surface area contributed by atoms with Crippen LogP contribution in [0, 0.1) is 16.7 Å². The molecule has 0 saturated heterocycles. The van der Waals surface area contributed by atoms with Gasteiger partial charge in [-0.3, -0.25) is 4.79 Å². The second-order valence-electron chi connectivity index (χ2n) is 7.56. The summed E-state index contributed by atoms with van der Waals surface area (Å²) in [5, 5.41) is 0. The van der Waals surface area contributed by atoms with Gasteiger partial charge in [0.25, 0.3) is 0 Å². The lowest BCUT2D eigenvalue weighted by atomic mass is 9.68. The van der Waals surface area contributed by atoms with Gasteiger partial charge >= 0.3 is 0 Å². The van der Waals surface area contributed by atoms with Gasteiger partial charge in [-0.05, 0) is 48.6 Å². The van der Waals surface area contributed by atoms with Gasteiger partial charge in [0.1, 0.15) is 0 Å². The largest absolute Gasteiger partial charge is 0.311 e. The molecule has 1 aromatic rings. The summed E-state index contributed by atoms with van der Waals surface area (Å²) in [6.07, 6.45) is 4.16. The third kappa shape index (κ3) is 1.51. The maximum absolute atomic E-state index is 13.4. The number of hydrogen-bond acceptors (Lipinski definition) is 1. The molecule has 0 N–H and O–H groups in total. The molecular weight excluding hydrogens is 258 g/mol. The van der Waals surface area contributed by atoms with E-state index in [0.717, 1.165) is 31.5 Å². The lowest BCUT2D eigenvalue weighted by molar-refractivity contribution is -0.125. The Morgan fingerprint density at radius 3 is 2.81 bits per heavy atom. The Bertz CT molecular complexity index is 645. The zero-order chi connectivity index (χ0) is 14.8. The van der Waals surface area contributed by atoms with Crippen LogP contribution in [0.25, 0.3) is 0 Å². The topological polar surface area (TPSA) is 20.3 Å². The molecule has 2 saturated carbocycles. The number of hydrogen-bond donors (Lipinski definition) is 0. The normalized spacial score (nSPS) is 32.6. The van der Waals surface area contributed by atoms with E-state index in [1.807, 2.05) is 11.0 Å². The molecule has 1 heterocycles. The molecule has 2 heteroatoms. The van der Waals surface area contributed by atoms with Crippen LogP contribution in [0.2, 0.25) is 0 Å². The molecule has 2 fully saturated rings. The molecule has 2 atom stereocenters. The fourth-order valence-corrected chi connectivity index (χ4v) is 4.93. The first-order valence-corrected chi connectivity index (χ1v) is 8.06.